The Kier molecular flexibility index (Phi) is 4.60. The molecule has 0 aromatic heterocycles. The number of nitriles is 1. The molecule has 0 aromatic rings. The summed E-state index contributed by atoms with van der Waals surface area (Å²) in [6.07, 6.45) is 5.91. The van der Waals surface area contributed by atoms with Crippen molar-refractivity contribution in [2.24, 2.45) is 5.73 Å². The Labute approximate surface area is 111 Å². The molecule has 2 aliphatic rings. The smallest absolute Gasteiger partial charge is 0.101 e. The minimum atomic E-state index is -0.645. The third-order valence-electron chi connectivity index (χ3n) is 4.33. The van der Waals surface area contributed by atoms with Gasteiger partial charge in [0.05, 0.1) is 6.07 Å². The van der Waals surface area contributed by atoms with E-state index < -0.39 is 5.54 Å². The van der Waals surface area contributed by atoms with Gasteiger partial charge >= 0.3 is 0 Å². The Morgan fingerprint density at radius 3 is 2.72 bits per heavy atom. The standard InChI is InChI=1S/C14H26N4/c1-14(16,12-15)6-4-7-17-10-5-13(11-17)18-8-2-3-9-18/h13H,2-11,16H2,1H3. The molecule has 18 heavy (non-hydrogen) atoms. The van der Waals surface area contributed by atoms with Crippen LogP contribution in [0.1, 0.15) is 39.0 Å². The normalized spacial score (nSPS) is 29.3. The van der Waals surface area contributed by atoms with E-state index in [1.807, 2.05) is 6.92 Å². The Hall–Kier alpha value is -0.630. The molecular weight excluding hydrogens is 224 g/mol. The van der Waals surface area contributed by atoms with Gasteiger partial charge in [-0.3, -0.25) is 4.90 Å². The van der Waals surface area contributed by atoms with E-state index in [0.29, 0.717) is 0 Å². The summed E-state index contributed by atoms with van der Waals surface area (Å²) in [5.41, 5.74) is 5.19. The summed E-state index contributed by atoms with van der Waals surface area (Å²) < 4.78 is 0. The largest absolute Gasteiger partial charge is 0.314 e. The van der Waals surface area contributed by atoms with Gasteiger partial charge in [0, 0.05) is 12.6 Å². The van der Waals surface area contributed by atoms with E-state index in [1.54, 1.807) is 0 Å². The predicted molar refractivity (Wildman–Crippen MR) is 73.1 cm³/mol. The van der Waals surface area contributed by atoms with Crippen LogP contribution in [0.15, 0.2) is 0 Å². The zero-order valence-electron chi connectivity index (χ0n) is 11.6. The Morgan fingerprint density at radius 1 is 1.33 bits per heavy atom. The number of nitrogens with zero attached hydrogens (tertiary/aromatic N) is 3. The predicted octanol–water partition coefficient (Wildman–Crippen LogP) is 1.18. The monoisotopic (exact) mass is 250 g/mol. The van der Waals surface area contributed by atoms with Crippen LogP contribution in [0.4, 0.5) is 0 Å². The number of hydrogen-bond acceptors (Lipinski definition) is 4. The van der Waals surface area contributed by atoms with E-state index >= 15 is 0 Å². The SMILES string of the molecule is CC(N)(C#N)CCCN1CCC(N2CCCC2)C1. The van der Waals surface area contributed by atoms with Crippen LogP contribution in [0.25, 0.3) is 0 Å². The summed E-state index contributed by atoms with van der Waals surface area (Å²) in [5.74, 6) is 0. The molecule has 0 radical (unpaired) electrons. The third kappa shape index (κ3) is 3.68. The summed E-state index contributed by atoms with van der Waals surface area (Å²) in [6, 6.07) is 2.96. The van der Waals surface area contributed by atoms with Gasteiger partial charge in [0.15, 0.2) is 0 Å². The van der Waals surface area contributed by atoms with Crippen molar-refractivity contribution >= 4 is 0 Å². The molecule has 2 heterocycles. The highest BCUT2D eigenvalue weighted by Gasteiger charge is 2.29. The van der Waals surface area contributed by atoms with Gasteiger partial charge in [0.1, 0.15) is 5.54 Å². The van der Waals surface area contributed by atoms with Gasteiger partial charge in [-0.15, -0.1) is 0 Å². The summed E-state index contributed by atoms with van der Waals surface area (Å²) in [6.45, 7) is 7.95. The van der Waals surface area contributed by atoms with E-state index in [4.69, 9.17) is 11.0 Å². The van der Waals surface area contributed by atoms with Crippen molar-refractivity contribution in [3.8, 4) is 6.07 Å². The molecule has 2 N–H and O–H groups in total. The van der Waals surface area contributed by atoms with Crippen molar-refractivity contribution in [1.82, 2.24) is 9.80 Å². The van der Waals surface area contributed by atoms with Crippen molar-refractivity contribution in [1.29, 1.82) is 5.26 Å². The van der Waals surface area contributed by atoms with E-state index in [9.17, 15) is 0 Å². The van der Waals surface area contributed by atoms with Crippen LogP contribution in [0.2, 0.25) is 0 Å². The molecule has 2 unspecified atom stereocenters. The number of likely N-dealkylation sites (tertiary alicyclic amines) is 2. The second kappa shape index (κ2) is 6.01. The first-order valence-corrected chi connectivity index (χ1v) is 7.27. The molecule has 2 saturated heterocycles. The summed E-state index contributed by atoms with van der Waals surface area (Å²) in [7, 11) is 0. The van der Waals surface area contributed by atoms with Gasteiger partial charge in [0.2, 0.25) is 0 Å². The fourth-order valence-electron chi connectivity index (χ4n) is 3.15. The molecule has 0 aliphatic carbocycles. The Bertz CT molecular complexity index is 301. The topological polar surface area (TPSA) is 56.3 Å². The van der Waals surface area contributed by atoms with Gasteiger partial charge in [0.25, 0.3) is 0 Å². The van der Waals surface area contributed by atoms with Gasteiger partial charge in [-0.2, -0.15) is 5.26 Å². The Balaban J connectivity index is 1.65. The number of nitrogens with two attached hydrogens (primary N) is 1. The molecule has 2 rings (SSSR count). The maximum Gasteiger partial charge on any atom is 0.101 e. The highest BCUT2D eigenvalue weighted by atomic mass is 15.3. The van der Waals surface area contributed by atoms with Gasteiger partial charge in [-0.1, -0.05) is 0 Å². The minimum absolute atomic E-state index is 0.645. The number of rotatable bonds is 5. The van der Waals surface area contributed by atoms with E-state index in [1.165, 1.54) is 45.4 Å². The molecule has 0 spiro atoms. The fraction of sp³-hybridized carbons (Fsp3) is 0.929. The van der Waals surface area contributed by atoms with E-state index in [-0.39, 0.29) is 0 Å². The minimum Gasteiger partial charge on any atom is -0.314 e. The zero-order valence-corrected chi connectivity index (χ0v) is 11.6. The molecule has 4 heteroatoms. The molecule has 0 bridgehead atoms. The molecular formula is C14H26N4. The lowest BCUT2D eigenvalue weighted by Gasteiger charge is -2.24. The highest BCUT2D eigenvalue weighted by Crippen LogP contribution is 2.21. The summed E-state index contributed by atoms with van der Waals surface area (Å²) >= 11 is 0. The fourth-order valence-corrected chi connectivity index (χ4v) is 3.15. The molecule has 0 saturated carbocycles. The second-order valence-electron chi connectivity index (χ2n) is 6.12. The van der Waals surface area contributed by atoms with Crippen molar-refractivity contribution in [3.05, 3.63) is 0 Å². The van der Waals surface area contributed by atoms with Crippen molar-refractivity contribution in [2.75, 3.05) is 32.7 Å². The molecule has 2 atom stereocenters. The first-order valence-electron chi connectivity index (χ1n) is 7.27. The van der Waals surface area contributed by atoms with Crippen molar-refractivity contribution in [2.45, 2.75) is 50.6 Å². The van der Waals surface area contributed by atoms with Crippen LogP contribution in [0.5, 0.6) is 0 Å². The molecule has 2 aliphatic heterocycles. The van der Waals surface area contributed by atoms with Crippen LogP contribution in [0.3, 0.4) is 0 Å². The Morgan fingerprint density at radius 2 is 2.06 bits per heavy atom. The van der Waals surface area contributed by atoms with Crippen LogP contribution >= 0.6 is 0 Å². The molecule has 102 valence electrons. The number of hydrogen-bond donors (Lipinski definition) is 1. The van der Waals surface area contributed by atoms with Gasteiger partial charge < -0.3 is 10.6 Å². The van der Waals surface area contributed by atoms with Crippen LogP contribution < -0.4 is 5.73 Å². The lowest BCUT2D eigenvalue weighted by Crippen LogP contribution is -2.37. The molecule has 2 fully saturated rings. The zero-order chi connectivity index (χ0) is 13.0. The van der Waals surface area contributed by atoms with Gasteiger partial charge in [-0.05, 0) is 65.2 Å². The maximum atomic E-state index is 8.88. The van der Waals surface area contributed by atoms with Crippen molar-refractivity contribution < 1.29 is 0 Å². The van der Waals surface area contributed by atoms with E-state index in [0.717, 1.165) is 25.4 Å². The van der Waals surface area contributed by atoms with Crippen LogP contribution in [-0.4, -0.2) is 54.1 Å². The van der Waals surface area contributed by atoms with Crippen LogP contribution in [0, 0.1) is 11.3 Å². The maximum absolute atomic E-state index is 8.88. The molecule has 4 nitrogen and oxygen atoms in total. The third-order valence-corrected chi connectivity index (χ3v) is 4.33. The summed E-state index contributed by atoms with van der Waals surface area (Å²) in [4.78, 5) is 5.19. The summed E-state index contributed by atoms with van der Waals surface area (Å²) in [5, 5.41) is 8.88. The first-order chi connectivity index (χ1) is 8.61. The quantitative estimate of drug-likeness (QED) is 0.796. The van der Waals surface area contributed by atoms with Crippen molar-refractivity contribution in [3.63, 3.8) is 0 Å². The molecule has 0 amide bonds. The van der Waals surface area contributed by atoms with E-state index in [2.05, 4.69) is 15.9 Å². The lowest BCUT2D eigenvalue weighted by molar-refractivity contribution is 0.230. The van der Waals surface area contributed by atoms with Gasteiger partial charge in [-0.25, -0.2) is 0 Å². The average Bonchev–Trinajstić information content (AvgIpc) is 2.98. The first kappa shape index (κ1) is 13.8. The highest BCUT2D eigenvalue weighted by molar-refractivity contribution is 5.00. The average molecular weight is 250 g/mol. The lowest BCUT2D eigenvalue weighted by atomic mass is 9.99. The molecule has 0 aromatic carbocycles. The van der Waals surface area contributed by atoms with Crippen LogP contribution in [-0.2, 0) is 0 Å². The second-order valence-corrected chi connectivity index (χ2v) is 6.12.